The van der Waals surface area contributed by atoms with Crippen LogP contribution in [0.3, 0.4) is 0 Å². The molecule has 0 spiro atoms. The van der Waals surface area contributed by atoms with Crippen molar-refractivity contribution >= 4 is 28.2 Å². The van der Waals surface area contributed by atoms with E-state index in [2.05, 4.69) is 5.43 Å². The Morgan fingerprint density at radius 1 is 1.45 bits per heavy atom. The van der Waals surface area contributed by atoms with Gasteiger partial charge in [0.25, 0.3) is 5.69 Å². The lowest BCUT2D eigenvalue weighted by Gasteiger charge is -2.12. The molecule has 1 aromatic carbocycles. The highest BCUT2D eigenvalue weighted by molar-refractivity contribution is 5.95. The molecule has 22 heavy (non-hydrogen) atoms. The zero-order valence-electron chi connectivity index (χ0n) is 11.3. The first-order chi connectivity index (χ1) is 10.4. The lowest BCUT2D eigenvalue weighted by atomic mass is 10.1. The maximum Gasteiger partial charge on any atom is 0.341 e. The Kier molecular flexibility index (Phi) is 3.06. The summed E-state index contributed by atoms with van der Waals surface area (Å²) in [5.41, 5.74) is 1.21. The van der Waals surface area contributed by atoms with Crippen LogP contribution in [0.1, 0.15) is 29.2 Å². The largest absolute Gasteiger partial charge is 0.477 e. The van der Waals surface area contributed by atoms with E-state index in [1.165, 1.54) is 12.3 Å². The van der Waals surface area contributed by atoms with Gasteiger partial charge in [0.05, 0.1) is 15.8 Å². The number of fused-ring (bicyclic) bond motifs is 1. The van der Waals surface area contributed by atoms with Crippen molar-refractivity contribution in [3.8, 4) is 0 Å². The molecule has 0 atom stereocenters. The number of rotatable bonds is 4. The minimum Gasteiger partial charge on any atom is -0.477 e. The average Bonchev–Trinajstić information content (AvgIpc) is 3.30. The van der Waals surface area contributed by atoms with Crippen molar-refractivity contribution in [2.45, 2.75) is 18.9 Å². The molecule has 1 aromatic heterocycles. The molecule has 1 saturated carbocycles. The van der Waals surface area contributed by atoms with Gasteiger partial charge in [0, 0.05) is 18.3 Å². The molecule has 0 radical (unpaired) electrons. The quantitative estimate of drug-likeness (QED) is 0.438. The Morgan fingerprint density at radius 3 is 2.64 bits per heavy atom. The fourth-order valence-corrected chi connectivity index (χ4v) is 2.46. The second kappa shape index (κ2) is 4.81. The van der Waals surface area contributed by atoms with Gasteiger partial charge in [-0.1, -0.05) is 0 Å². The summed E-state index contributed by atoms with van der Waals surface area (Å²) in [6.07, 6.45) is 3.01. The average molecular weight is 304 g/mol. The molecule has 1 fully saturated rings. The summed E-state index contributed by atoms with van der Waals surface area (Å²) in [6, 6.07) is 2.56. The lowest BCUT2D eigenvalue weighted by molar-refractivity contribution is -0.383. The molecule has 0 saturated heterocycles. The molecule has 1 aliphatic rings. The molecule has 9 nitrogen and oxygen atoms in total. The molecular formula is C13H12N4O5. The maximum absolute atomic E-state index is 12.3. The van der Waals surface area contributed by atoms with Gasteiger partial charge in [-0.3, -0.25) is 20.8 Å². The minimum atomic E-state index is -1.36. The first kappa shape index (κ1) is 14.0. The van der Waals surface area contributed by atoms with Gasteiger partial charge in [0.1, 0.15) is 11.3 Å². The number of nitrogens with two attached hydrogens (primary N) is 1. The summed E-state index contributed by atoms with van der Waals surface area (Å²) in [5.74, 6) is 3.95. The molecule has 9 heteroatoms. The summed E-state index contributed by atoms with van der Waals surface area (Å²) in [6.45, 7) is 0. The molecule has 1 aliphatic carbocycles. The number of aromatic nitrogens is 1. The number of hydrogen-bond acceptors (Lipinski definition) is 6. The van der Waals surface area contributed by atoms with Crippen molar-refractivity contribution in [1.29, 1.82) is 0 Å². The Morgan fingerprint density at radius 2 is 2.14 bits per heavy atom. The number of nitrogens with zero attached hydrogens (tertiary/aromatic N) is 2. The number of hydrogen-bond donors (Lipinski definition) is 3. The molecule has 3 rings (SSSR count). The highest BCUT2D eigenvalue weighted by Crippen LogP contribution is 2.38. The Hall–Kier alpha value is -2.94. The Labute approximate surface area is 123 Å². The SMILES string of the molecule is NNc1cc2c(cc1[N+](=O)[O-])c(=O)c(C(=O)O)cn2C1CC1. The third kappa shape index (κ3) is 2.07. The third-order valence-electron chi connectivity index (χ3n) is 3.67. The van der Waals surface area contributed by atoms with Gasteiger partial charge in [-0.05, 0) is 18.9 Å². The molecular weight excluding hydrogens is 292 g/mol. The summed E-state index contributed by atoms with van der Waals surface area (Å²) >= 11 is 0. The van der Waals surface area contributed by atoms with Gasteiger partial charge in [0.15, 0.2) is 0 Å². The molecule has 1 heterocycles. The van der Waals surface area contributed by atoms with Crippen LogP contribution in [-0.2, 0) is 0 Å². The Balaban J connectivity index is 2.43. The van der Waals surface area contributed by atoms with Crippen LogP contribution in [0.5, 0.6) is 0 Å². The number of carboxylic acid groups (broad SMARTS) is 1. The van der Waals surface area contributed by atoms with Crippen molar-refractivity contribution < 1.29 is 14.8 Å². The second-order valence-corrected chi connectivity index (χ2v) is 5.10. The topological polar surface area (TPSA) is 140 Å². The predicted octanol–water partition coefficient (Wildman–Crippen LogP) is 1.23. The first-order valence-electron chi connectivity index (χ1n) is 6.51. The number of nitro groups is 1. The van der Waals surface area contributed by atoms with Crippen LogP contribution >= 0.6 is 0 Å². The zero-order valence-corrected chi connectivity index (χ0v) is 11.3. The fourth-order valence-electron chi connectivity index (χ4n) is 2.46. The van der Waals surface area contributed by atoms with Crippen molar-refractivity contribution in [1.82, 2.24) is 4.57 Å². The number of aromatic carboxylic acids is 1. The molecule has 114 valence electrons. The van der Waals surface area contributed by atoms with E-state index in [-0.39, 0.29) is 22.8 Å². The molecule has 4 N–H and O–H groups in total. The van der Waals surface area contributed by atoms with Gasteiger partial charge >= 0.3 is 5.97 Å². The van der Waals surface area contributed by atoms with Crippen LogP contribution < -0.4 is 16.7 Å². The molecule has 0 aliphatic heterocycles. The van der Waals surface area contributed by atoms with E-state index >= 15 is 0 Å². The monoisotopic (exact) mass is 304 g/mol. The van der Waals surface area contributed by atoms with E-state index in [1.807, 2.05) is 0 Å². The number of carbonyl (C=O) groups is 1. The molecule has 0 unspecified atom stereocenters. The molecule has 0 bridgehead atoms. The summed E-state index contributed by atoms with van der Waals surface area (Å²) < 4.78 is 1.67. The highest BCUT2D eigenvalue weighted by Gasteiger charge is 2.28. The maximum atomic E-state index is 12.3. The van der Waals surface area contributed by atoms with Gasteiger partial charge < -0.3 is 15.1 Å². The van der Waals surface area contributed by atoms with Gasteiger partial charge in [-0.25, -0.2) is 4.79 Å². The number of anilines is 1. The number of hydrazine groups is 1. The van der Waals surface area contributed by atoms with Crippen molar-refractivity contribution in [3.63, 3.8) is 0 Å². The number of pyridine rings is 1. The minimum absolute atomic E-state index is 0.00231. The van der Waals surface area contributed by atoms with Crippen LogP contribution in [0.4, 0.5) is 11.4 Å². The van der Waals surface area contributed by atoms with E-state index in [4.69, 9.17) is 10.9 Å². The molecule has 2 aromatic rings. The summed E-state index contributed by atoms with van der Waals surface area (Å²) in [7, 11) is 0. The Bertz CT molecular complexity index is 869. The van der Waals surface area contributed by atoms with Crippen molar-refractivity contribution in [2.75, 3.05) is 5.43 Å². The first-order valence-corrected chi connectivity index (χ1v) is 6.51. The normalized spacial score (nSPS) is 14.0. The summed E-state index contributed by atoms with van der Waals surface area (Å²) in [5, 5.41) is 20.2. The van der Waals surface area contributed by atoms with Gasteiger partial charge in [-0.15, -0.1) is 0 Å². The predicted molar refractivity (Wildman–Crippen MR) is 77.9 cm³/mol. The van der Waals surface area contributed by atoms with Crippen molar-refractivity contribution in [3.05, 3.63) is 44.2 Å². The van der Waals surface area contributed by atoms with Crippen LogP contribution in [-0.4, -0.2) is 20.6 Å². The van der Waals surface area contributed by atoms with E-state index in [1.54, 1.807) is 4.57 Å². The fraction of sp³-hybridized carbons (Fsp3) is 0.231. The van der Waals surface area contributed by atoms with E-state index in [0.717, 1.165) is 18.9 Å². The number of nitrogen functional groups attached to an aromatic ring is 1. The smallest absolute Gasteiger partial charge is 0.341 e. The number of benzene rings is 1. The number of carboxylic acids is 1. The van der Waals surface area contributed by atoms with E-state index in [0.29, 0.717) is 5.52 Å². The second-order valence-electron chi connectivity index (χ2n) is 5.10. The summed E-state index contributed by atoms with van der Waals surface area (Å²) in [4.78, 5) is 33.9. The third-order valence-corrected chi connectivity index (χ3v) is 3.67. The van der Waals surface area contributed by atoms with Gasteiger partial charge in [-0.2, -0.15) is 0 Å². The van der Waals surface area contributed by atoms with Gasteiger partial charge in [0.2, 0.25) is 5.43 Å². The van der Waals surface area contributed by atoms with Crippen LogP contribution in [0.2, 0.25) is 0 Å². The number of nitro benzene ring substituents is 1. The van der Waals surface area contributed by atoms with E-state index < -0.39 is 21.9 Å². The van der Waals surface area contributed by atoms with Crippen LogP contribution in [0.15, 0.2) is 23.1 Å². The standard InChI is InChI=1S/C13H12N4O5/c14-15-9-4-10-7(3-11(9)17(21)22)12(18)8(13(19)20)5-16(10)6-1-2-6/h3-6,15H,1-2,14H2,(H,19,20). The van der Waals surface area contributed by atoms with Crippen molar-refractivity contribution in [2.24, 2.45) is 5.84 Å². The number of nitrogens with one attached hydrogen (secondary N) is 1. The van der Waals surface area contributed by atoms with Crippen LogP contribution in [0, 0.1) is 10.1 Å². The van der Waals surface area contributed by atoms with E-state index in [9.17, 15) is 19.7 Å². The van der Waals surface area contributed by atoms with Crippen LogP contribution in [0.25, 0.3) is 10.9 Å². The lowest BCUT2D eigenvalue weighted by Crippen LogP contribution is -2.19. The zero-order chi connectivity index (χ0) is 16.0. The molecule has 0 amide bonds. The highest BCUT2D eigenvalue weighted by atomic mass is 16.6.